The van der Waals surface area contributed by atoms with Gasteiger partial charge in [0, 0.05) is 52.9 Å². The summed E-state index contributed by atoms with van der Waals surface area (Å²) in [5, 5.41) is 5.15. The van der Waals surface area contributed by atoms with Crippen LogP contribution in [0.2, 0.25) is 0 Å². The van der Waals surface area contributed by atoms with Gasteiger partial charge in [0.2, 0.25) is 23.6 Å². The first-order valence-electron chi connectivity index (χ1n) is 14.9. The summed E-state index contributed by atoms with van der Waals surface area (Å²) in [6.07, 6.45) is 13.0. The Kier molecular flexibility index (Phi) is 22.1. The SMILES string of the molecule is CCCCCCCN(C(=O)CCCCC(=O)NC)C(=O)N(CCCCCCC)C(=O)CCCCC(=O)NC. The van der Waals surface area contributed by atoms with E-state index in [-0.39, 0.29) is 36.5 Å². The zero-order valence-corrected chi connectivity index (χ0v) is 24.6. The van der Waals surface area contributed by atoms with Crippen molar-refractivity contribution in [2.24, 2.45) is 0 Å². The van der Waals surface area contributed by atoms with Gasteiger partial charge in [0.05, 0.1) is 0 Å². The predicted octanol–water partition coefficient (Wildman–Crippen LogP) is 5.32. The third-order valence-electron chi connectivity index (χ3n) is 6.68. The van der Waals surface area contributed by atoms with Crippen LogP contribution >= 0.6 is 0 Å². The molecule has 0 saturated carbocycles. The monoisotopic (exact) mass is 538 g/mol. The first-order chi connectivity index (χ1) is 18.3. The van der Waals surface area contributed by atoms with Gasteiger partial charge in [-0.2, -0.15) is 0 Å². The average Bonchev–Trinajstić information content (AvgIpc) is 2.92. The molecular formula is C29H54N4O5. The molecule has 0 aliphatic rings. The molecule has 0 fully saturated rings. The summed E-state index contributed by atoms with van der Waals surface area (Å²) in [7, 11) is 3.16. The number of amides is 6. The molecule has 220 valence electrons. The molecule has 0 spiro atoms. The first-order valence-corrected chi connectivity index (χ1v) is 14.9. The Morgan fingerprint density at radius 1 is 0.474 bits per heavy atom. The van der Waals surface area contributed by atoms with Crippen molar-refractivity contribution in [1.29, 1.82) is 0 Å². The molecule has 0 unspecified atom stereocenters. The topological polar surface area (TPSA) is 116 Å². The van der Waals surface area contributed by atoms with E-state index < -0.39 is 6.03 Å². The van der Waals surface area contributed by atoms with Crippen molar-refractivity contribution in [3.8, 4) is 0 Å². The van der Waals surface area contributed by atoms with E-state index in [0.29, 0.717) is 64.5 Å². The second-order valence-electron chi connectivity index (χ2n) is 9.96. The van der Waals surface area contributed by atoms with Crippen LogP contribution in [0.15, 0.2) is 0 Å². The van der Waals surface area contributed by atoms with E-state index in [1.807, 2.05) is 0 Å². The summed E-state index contributed by atoms with van der Waals surface area (Å²) in [5.41, 5.74) is 0. The van der Waals surface area contributed by atoms with E-state index in [4.69, 9.17) is 0 Å². The van der Waals surface area contributed by atoms with Crippen LogP contribution in [-0.2, 0) is 19.2 Å². The highest BCUT2D eigenvalue weighted by atomic mass is 16.2. The maximum atomic E-state index is 13.6. The molecule has 0 bridgehead atoms. The van der Waals surface area contributed by atoms with Crippen LogP contribution in [0.1, 0.15) is 129 Å². The Hall–Kier alpha value is -2.45. The average molecular weight is 539 g/mol. The van der Waals surface area contributed by atoms with Gasteiger partial charge in [-0.1, -0.05) is 65.2 Å². The van der Waals surface area contributed by atoms with Crippen molar-refractivity contribution in [3.05, 3.63) is 0 Å². The van der Waals surface area contributed by atoms with Crippen molar-refractivity contribution in [2.75, 3.05) is 27.2 Å². The van der Waals surface area contributed by atoms with Crippen LogP contribution in [0.25, 0.3) is 0 Å². The molecule has 0 aliphatic heterocycles. The number of hydrogen-bond acceptors (Lipinski definition) is 5. The van der Waals surface area contributed by atoms with Crippen molar-refractivity contribution in [2.45, 2.75) is 129 Å². The van der Waals surface area contributed by atoms with Gasteiger partial charge in [-0.3, -0.25) is 29.0 Å². The molecular weight excluding hydrogens is 484 g/mol. The van der Waals surface area contributed by atoms with Crippen LogP contribution < -0.4 is 10.6 Å². The number of unbranched alkanes of at least 4 members (excludes halogenated alkanes) is 10. The lowest BCUT2D eigenvalue weighted by Gasteiger charge is -2.29. The van der Waals surface area contributed by atoms with Crippen molar-refractivity contribution >= 4 is 29.7 Å². The second-order valence-corrected chi connectivity index (χ2v) is 9.96. The maximum absolute atomic E-state index is 13.6. The second kappa shape index (κ2) is 23.7. The van der Waals surface area contributed by atoms with Crippen LogP contribution in [0.5, 0.6) is 0 Å². The van der Waals surface area contributed by atoms with E-state index in [1.165, 1.54) is 9.80 Å². The van der Waals surface area contributed by atoms with Crippen molar-refractivity contribution in [3.63, 3.8) is 0 Å². The molecule has 0 rings (SSSR count). The number of imide groups is 2. The number of rotatable bonds is 22. The third kappa shape index (κ3) is 17.1. The zero-order chi connectivity index (χ0) is 28.6. The summed E-state index contributed by atoms with van der Waals surface area (Å²) in [6, 6.07) is -0.524. The number of nitrogens with one attached hydrogen (secondary N) is 2. The molecule has 0 saturated heterocycles. The summed E-state index contributed by atoms with van der Waals surface area (Å²) in [5.74, 6) is -0.716. The third-order valence-corrected chi connectivity index (χ3v) is 6.68. The smallest absolute Gasteiger partial charge is 0.333 e. The fourth-order valence-electron chi connectivity index (χ4n) is 4.19. The van der Waals surface area contributed by atoms with Gasteiger partial charge >= 0.3 is 6.03 Å². The molecule has 9 heteroatoms. The molecule has 0 atom stereocenters. The van der Waals surface area contributed by atoms with Gasteiger partial charge in [0.25, 0.3) is 0 Å². The van der Waals surface area contributed by atoms with E-state index in [2.05, 4.69) is 24.5 Å². The number of urea groups is 1. The van der Waals surface area contributed by atoms with E-state index in [9.17, 15) is 24.0 Å². The lowest BCUT2D eigenvalue weighted by molar-refractivity contribution is -0.132. The Balaban J connectivity index is 5.36. The van der Waals surface area contributed by atoms with Crippen LogP contribution in [0, 0.1) is 0 Å². The molecule has 0 aromatic rings. The van der Waals surface area contributed by atoms with Crippen LogP contribution in [0.3, 0.4) is 0 Å². The zero-order valence-electron chi connectivity index (χ0n) is 24.6. The first kappa shape index (κ1) is 35.5. The molecule has 6 amide bonds. The predicted molar refractivity (Wildman–Crippen MR) is 151 cm³/mol. The Morgan fingerprint density at radius 3 is 1.16 bits per heavy atom. The van der Waals surface area contributed by atoms with Gasteiger partial charge in [0.1, 0.15) is 0 Å². The Morgan fingerprint density at radius 2 is 0.816 bits per heavy atom. The molecule has 0 aromatic carbocycles. The van der Waals surface area contributed by atoms with Gasteiger partial charge in [-0.15, -0.1) is 0 Å². The van der Waals surface area contributed by atoms with E-state index >= 15 is 0 Å². The normalized spacial score (nSPS) is 10.6. The van der Waals surface area contributed by atoms with E-state index in [0.717, 1.165) is 51.4 Å². The maximum Gasteiger partial charge on any atom is 0.333 e. The highest BCUT2D eigenvalue weighted by Crippen LogP contribution is 2.14. The van der Waals surface area contributed by atoms with Crippen molar-refractivity contribution in [1.82, 2.24) is 20.4 Å². The minimum absolute atomic E-state index is 0.0717. The molecule has 2 N–H and O–H groups in total. The highest BCUT2D eigenvalue weighted by molar-refractivity contribution is 6.02. The van der Waals surface area contributed by atoms with Crippen molar-refractivity contribution < 1.29 is 24.0 Å². The summed E-state index contributed by atoms with van der Waals surface area (Å²) in [4.78, 5) is 65.4. The largest absolute Gasteiger partial charge is 0.359 e. The minimum Gasteiger partial charge on any atom is -0.359 e. The van der Waals surface area contributed by atoms with E-state index in [1.54, 1.807) is 14.1 Å². The van der Waals surface area contributed by atoms with Gasteiger partial charge in [0.15, 0.2) is 0 Å². The van der Waals surface area contributed by atoms with Gasteiger partial charge in [-0.05, 0) is 38.5 Å². The summed E-state index contributed by atoms with van der Waals surface area (Å²) >= 11 is 0. The quantitative estimate of drug-likeness (QED) is 0.181. The summed E-state index contributed by atoms with van der Waals surface area (Å²) in [6.45, 7) is 4.87. The molecule has 0 aromatic heterocycles. The number of hydrogen-bond donors (Lipinski definition) is 2. The number of carbonyl (C=O) groups is 5. The Bertz CT molecular complexity index is 642. The lowest BCUT2D eigenvalue weighted by atomic mass is 10.1. The lowest BCUT2D eigenvalue weighted by Crippen LogP contribution is -2.49. The fraction of sp³-hybridized carbons (Fsp3) is 0.828. The van der Waals surface area contributed by atoms with Crippen LogP contribution in [-0.4, -0.2) is 66.6 Å². The highest BCUT2D eigenvalue weighted by Gasteiger charge is 2.29. The van der Waals surface area contributed by atoms with Gasteiger partial charge < -0.3 is 10.6 Å². The Labute approximate surface area is 230 Å². The standard InChI is InChI=1S/C29H54N4O5/c1-5-7-9-11-17-23-32(27(36)21-15-13-19-25(34)30-3)29(38)33(24-18-12-10-8-6-2)28(37)22-16-14-20-26(35)31-4/h5-24H2,1-4H3,(H,30,34)(H,31,35). The van der Waals surface area contributed by atoms with Gasteiger partial charge in [-0.25, -0.2) is 4.79 Å². The minimum atomic E-state index is -0.524. The molecule has 38 heavy (non-hydrogen) atoms. The number of nitrogens with zero attached hydrogens (tertiary/aromatic N) is 2. The molecule has 9 nitrogen and oxygen atoms in total. The molecule has 0 radical (unpaired) electrons. The fourth-order valence-corrected chi connectivity index (χ4v) is 4.19. The molecule has 0 aliphatic carbocycles. The molecule has 0 heterocycles. The van der Waals surface area contributed by atoms with Crippen LogP contribution in [0.4, 0.5) is 4.79 Å². The number of carbonyl (C=O) groups excluding carboxylic acids is 5. The summed E-state index contributed by atoms with van der Waals surface area (Å²) < 4.78 is 0.